The molecule has 160 valence electrons. The first-order chi connectivity index (χ1) is 13.1. The Morgan fingerprint density at radius 1 is 1.10 bits per heavy atom. The molecule has 2 aromatic rings. The van der Waals surface area contributed by atoms with E-state index in [-0.39, 0.29) is 30.7 Å². The zero-order valence-electron chi connectivity index (χ0n) is 16.6. The molecule has 29 heavy (non-hydrogen) atoms. The summed E-state index contributed by atoms with van der Waals surface area (Å²) in [6, 6.07) is 11.1. The minimum Gasteiger partial charge on any atom is -0.494 e. The van der Waals surface area contributed by atoms with Gasteiger partial charge in [-0.25, -0.2) is 4.98 Å². The number of nitrogens with two attached hydrogens (primary N) is 1. The number of amides is 1. The summed E-state index contributed by atoms with van der Waals surface area (Å²) in [7, 11) is 0. The van der Waals surface area contributed by atoms with Crippen LogP contribution < -0.4 is 20.5 Å². The van der Waals surface area contributed by atoms with Gasteiger partial charge >= 0.3 is 0 Å². The van der Waals surface area contributed by atoms with E-state index in [0.717, 1.165) is 43.4 Å². The van der Waals surface area contributed by atoms with Crippen molar-refractivity contribution in [3.05, 3.63) is 48.2 Å². The molecular weight excluding hydrogens is 413 g/mol. The van der Waals surface area contributed by atoms with Gasteiger partial charge in [0.15, 0.2) is 0 Å². The highest BCUT2D eigenvalue weighted by Crippen LogP contribution is 2.26. The number of carbonyl (C=O) groups is 1. The van der Waals surface area contributed by atoms with Crippen molar-refractivity contribution in [1.29, 1.82) is 0 Å². The molecule has 1 aromatic carbocycles. The maximum atomic E-state index is 12.5. The first-order valence-corrected chi connectivity index (χ1v) is 9.52. The molecule has 0 aliphatic heterocycles. The molecule has 8 heteroatoms. The van der Waals surface area contributed by atoms with Crippen LogP contribution in [0.5, 0.6) is 17.4 Å². The summed E-state index contributed by atoms with van der Waals surface area (Å²) < 4.78 is 11.2. The van der Waals surface area contributed by atoms with Crippen LogP contribution in [0.2, 0.25) is 0 Å². The van der Waals surface area contributed by atoms with Crippen LogP contribution in [0.3, 0.4) is 0 Å². The number of ether oxygens (including phenoxy) is 2. The van der Waals surface area contributed by atoms with Crippen molar-refractivity contribution in [3.8, 4) is 17.4 Å². The molecule has 0 saturated heterocycles. The molecular formula is C21H29Cl2N3O3. The fourth-order valence-corrected chi connectivity index (χ4v) is 3.28. The van der Waals surface area contributed by atoms with Crippen molar-refractivity contribution >= 4 is 30.7 Å². The van der Waals surface area contributed by atoms with E-state index in [2.05, 4.69) is 10.3 Å². The fraction of sp³-hybridized carbons (Fsp3) is 0.429. The van der Waals surface area contributed by atoms with E-state index < -0.39 is 5.54 Å². The van der Waals surface area contributed by atoms with Gasteiger partial charge < -0.3 is 20.5 Å². The van der Waals surface area contributed by atoms with Crippen molar-refractivity contribution in [3.63, 3.8) is 0 Å². The number of nitrogens with one attached hydrogen (secondary N) is 1. The van der Waals surface area contributed by atoms with Crippen molar-refractivity contribution in [2.24, 2.45) is 5.73 Å². The van der Waals surface area contributed by atoms with Crippen molar-refractivity contribution in [2.45, 2.75) is 51.1 Å². The molecule has 6 nitrogen and oxygen atoms in total. The second kappa shape index (κ2) is 11.9. The predicted octanol–water partition coefficient (Wildman–Crippen LogP) is 4.39. The van der Waals surface area contributed by atoms with E-state index in [1.807, 2.05) is 43.3 Å². The highest BCUT2D eigenvalue weighted by molar-refractivity contribution is 5.86. The molecule has 1 heterocycles. The Bertz CT molecular complexity index is 766. The van der Waals surface area contributed by atoms with E-state index in [1.165, 1.54) is 0 Å². The number of halogens is 2. The molecule has 3 rings (SSSR count). The molecule has 0 radical (unpaired) electrons. The van der Waals surface area contributed by atoms with Gasteiger partial charge in [0.05, 0.1) is 12.1 Å². The number of hydrogen-bond acceptors (Lipinski definition) is 5. The maximum Gasteiger partial charge on any atom is 0.240 e. The molecule has 0 unspecified atom stereocenters. The number of hydrogen-bond donors (Lipinski definition) is 2. The van der Waals surface area contributed by atoms with Crippen LogP contribution in [0, 0.1) is 0 Å². The third-order valence-corrected chi connectivity index (χ3v) is 4.81. The third-order valence-electron chi connectivity index (χ3n) is 4.81. The Morgan fingerprint density at radius 3 is 2.41 bits per heavy atom. The monoisotopic (exact) mass is 441 g/mol. The standard InChI is InChI=1S/C21H27N3O3.2ClH/c1-2-26-17-6-8-18(9-7-17)27-19-14-16(10-13-23-19)15-24-20(25)21(22)11-4-3-5-12-21;;/h6-10,13-14H,2-5,11-12,15,22H2,1H3,(H,24,25);2*1H. The molecule has 1 amide bonds. The first kappa shape index (κ1) is 25.0. The summed E-state index contributed by atoms with van der Waals surface area (Å²) in [5, 5.41) is 2.96. The summed E-state index contributed by atoms with van der Waals surface area (Å²) >= 11 is 0. The topological polar surface area (TPSA) is 86.5 Å². The van der Waals surface area contributed by atoms with E-state index in [4.69, 9.17) is 15.2 Å². The molecule has 3 N–H and O–H groups in total. The first-order valence-electron chi connectivity index (χ1n) is 9.52. The minimum absolute atomic E-state index is 0. The normalized spacial score (nSPS) is 14.7. The number of pyridine rings is 1. The van der Waals surface area contributed by atoms with Crippen molar-refractivity contribution in [1.82, 2.24) is 10.3 Å². The van der Waals surface area contributed by atoms with Gasteiger partial charge in [-0.2, -0.15) is 0 Å². The summed E-state index contributed by atoms with van der Waals surface area (Å²) in [6.07, 6.45) is 6.36. The van der Waals surface area contributed by atoms with E-state index in [0.29, 0.717) is 24.8 Å². The number of aromatic nitrogens is 1. The molecule has 0 spiro atoms. The zero-order chi connectivity index (χ0) is 19.1. The number of carbonyl (C=O) groups excluding carboxylic acids is 1. The summed E-state index contributed by atoms with van der Waals surface area (Å²) in [6.45, 7) is 2.97. The molecule has 0 atom stereocenters. The maximum absolute atomic E-state index is 12.5. The van der Waals surface area contributed by atoms with Crippen molar-refractivity contribution < 1.29 is 14.3 Å². The summed E-state index contributed by atoms with van der Waals surface area (Å²) in [4.78, 5) is 16.7. The molecule has 1 saturated carbocycles. The van der Waals surface area contributed by atoms with Gasteiger partial charge in [-0.1, -0.05) is 19.3 Å². The highest BCUT2D eigenvalue weighted by Gasteiger charge is 2.34. The Kier molecular flexibility index (Phi) is 10.2. The van der Waals surface area contributed by atoms with Gasteiger partial charge in [0.2, 0.25) is 11.8 Å². The smallest absolute Gasteiger partial charge is 0.240 e. The average Bonchev–Trinajstić information content (AvgIpc) is 2.69. The Morgan fingerprint density at radius 2 is 1.76 bits per heavy atom. The Hall–Kier alpha value is -2.02. The third kappa shape index (κ3) is 7.07. The Labute approximate surface area is 184 Å². The predicted molar refractivity (Wildman–Crippen MR) is 118 cm³/mol. The number of rotatable bonds is 7. The zero-order valence-corrected chi connectivity index (χ0v) is 18.2. The lowest BCUT2D eigenvalue weighted by atomic mass is 9.82. The molecule has 1 aliphatic carbocycles. The summed E-state index contributed by atoms with van der Waals surface area (Å²) in [5.74, 6) is 1.88. The number of nitrogens with zero attached hydrogens (tertiary/aromatic N) is 1. The van der Waals surface area contributed by atoms with Gasteiger partial charge in [0.1, 0.15) is 11.5 Å². The molecule has 1 aromatic heterocycles. The van der Waals surface area contributed by atoms with Gasteiger partial charge in [0, 0.05) is 18.8 Å². The lowest BCUT2D eigenvalue weighted by Crippen LogP contribution is -2.54. The number of benzene rings is 1. The fourth-order valence-electron chi connectivity index (χ4n) is 3.28. The summed E-state index contributed by atoms with van der Waals surface area (Å²) in [5.41, 5.74) is 6.46. The van der Waals surface area contributed by atoms with E-state index >= 15 is 0 Å². The van der Waals surface area contributed by atoms with Crippen LogP contribution in [0.4, 0.5) is 0 Å². The lowest BCUT2D eigenvalue weighted by molar-refractivity contribution is -0.127. The van der Waals surface area contributed by atoms with Crippen LogP contribution in [0.25, 0.3) is 0 Å². The van der Waals surface area contributed by atoms with Gasteiger partial charge in [0.25, 0.3) is 0 Å². The van der Waals surface area contributed by atoms with Crippen LogP contribution >= 0.6 is 24.8 Å². The van der Waals surface area contributed by atoms with E-state index in [9.17, 15) is 4.79 Å². The lowest BCUT2D eigenvalue weighted by Gasteiger charge is -2.31. The van der Waals surface area contributed by atoms with E-state index in [1.54, 1.807) is 6.20 Å². The highest BCUT2D eigenvalue weighted by atomic mass is 35.5. The molecule has 1 aliphatic rings. The second-order valence-electron chi connectivity index (χ2n) is 6.91. The largest absolute Gasteiger partial charge is 0.494 e. The van der Waals surface area contributed by atoms with Crippen molar-refractivity contribution in [2.75, 3.05) is 6.61 Å². The van der Waals surface area contributed by atoms with Crippen LogP contribution in [-0.2, 0) is 11.3 Å². The van der Waals surface area contributed by atoms with Gasteiger partial charge in [-0.05, 0) is 55.7 Å². The second-order valence-corrected chi connectivity index (χ2v) is 6.91. The average molecular weight is 442 g/mol. The van der Waals surface area contributed by atoms with Gasteiger partial charge in [-0.15, -0.1) is 24.8 Å². The molecule has 0 bridgehead atoms. The minimum atomic E-state index is -0.729. The van der Waals surface area contributed by atoms with Crippen LogP contribution in [0.1, 0.15) is 44.6 Å². The quantitative estimate of drug-likeness (QED) is 0.664. The van der Waals surface area contributed by atoms with Crippen LogP contribution in [0.15, 0.2) is 42.6 Å². The molecule has 1 fully saturated rings. The SMILES string of the molecule is CCOc1ccc(Oc2cc(CNC(=O)C3(N)CCCCC3)ccn2)cc1.Cl.Cl. The van der Waals surface area contributed by atoms with Crippen LogP contribution in [-0.4, -0.2) is 23.0 Å². The van der Waals surface area contributed by atoms with Gasteiger partial charge in [-0.3, -0.25) is 4.79 Å². The Balaban J connectivity index is 0.00000210.